The maximum absolute atomic E-state index is 13.3. The van der Waals surface area contributed by atoms with Crippen molar-refractivity contribution in [3.63, 3.8) is 0 Å². The molecule has 1 unspecified atom stereocenters. The third-order valence-electron chi connectivity index (χ3n) is 4.21. The number of carbonyl (C=O) groups is 1. The topological polar surface area (TPSA) is 90.5 Å². The lowest BCUT2D eigenvalue weighted by Crippen LogP contribution is -2.34. The number of hydrogen-bond donors (Lipinski definition) is 1. The fourth-order valence-electron chi connectivity index (χ4n) is 2.92. The van der Waals surface area contributed by atoms with Crippen LogP contribution in [0.25, 0.3) is 11.0 Å². The van der Waals surface area contributed by atoms with E-state index in [-0.39, 0.29) is 24.3 Å². The van der Waals surface area contributed by atoms with Crippen LogP contribution in [0.4, 0.5) is 4.39 Å². The van der Waals surface area contributed by atoms with Crippen molar-refractivity contribution in [3.05, 3.63) is 72.6 Å². The van der Waals surface area contributed by atoms with E-state index in [0.29, 0.717) is 6.54 Å². The summed E-state index contributed by atoms with van der Waals surface area (Å²) in [4.78, 5) is 16.8. The van der Waals surface area contributed by atoms with Crippen molar-refractivity contribution in [2.45, 2.75) is 19.1 Å². The second-order valence-corrected chi connectivity index (χ2v) is 6.06. The van der Waals surface area contributed by atoms with Gasteiger partial charge in [-0.2, -0.15) is 0 Å². The second-order valence-electron chi connectivity index (χ2n) is 6.06. The van der Waals surface area contributed by atoms with Gasteiger partial charge in [-0.05, 0) is 40.3 Å². The minimum atomic E-state index is -0.368. The van der Waals surface area contributed by atoms with Crippen LogP contribution >= 0.6 is 0 Å². The summed E-state index contributed by atoms with van der Waals surface area (Å²) in [5, 5.41) is 13.7. The second kappa shape index (κ2) is 7.32. The Morgan fingerprint density at radius 1 is 1.11 bits per heavy atom. The highest BCUT2D eigenvalue weighted by Gasteiger charge is 2.17. The van der Waals surface area contributed by atoms with E-state index in [4.69, 9.17) is 0 Å². The minimum Gasteiger partial charge on any atom is -0.346 e. The van der Waals surface area contributed by atoms with Crippen LogP contribution in [0, 0.1) is 5.82 Å². The molecule has 0 fully saturated rings. The van der Waals surface area contributed by atoms with Crippen LogP contribution in [0.1, 0.15) is 11.6 Å². The van der Waals surface area contributed by atoms with Gasteiger partial charge in [0.05, 0.1) is 23.4 Å². The van der Waals surface area contributed by atoms with Crippen LogP contribution in [-0.2, 0) is 17.9 Å². The van der Waals surface area contributed by atoms with E-state index in [1.54, 1.807) is 18.5 Å². The highest BCUT2D eigenvalue weighted by atomic mass is 19.1. The summed E-state index contributed by atoms with van der Waals surface area (Å²) in [6.07, 6.45) is 3.10. The Labute approximate surface area is 153 Å². The summed E-state index contributed by atoms with van der Waals surface area (Å²) in [7, 11) is 0. The zero-order chi connectivity index (χ0) is 18.6. The molecule has 136 valence electrons. The van der Waals surface area contributed by atoms with Crippen LogP contribution in [0.3, 0.4) is 0 Å². The molecule has 1 amide bonds. The van der Waals surface area contributed by atoms with Crippen molar-refractivity contribution >= 4 is 16.9 Å². The number of para-hydroxylation sites is 2. The Hall–Kier alpha value is -3.62. The first-order chi connectivity index (χ1) is 13.2. The number of fused-ring (bicyclic) bond motifs is 1. The van der Waals surface area contributed by atoms with Gasteiger partial charge >= 0.3 is 0 Å². The fourth-order valence-corrected chi connectivity index (χ4v) is 2.92. The van der Waals surface area contributed by atoms with Crippen molar-refractivity contribution in [1.29, 1.82) is 0 Å². The highest BCUT2D eigenvalue weighted by molar-refractivity contribution is 5.76. The zero-order valence-electron chi connectivity index (χ0n) is 14.2. The molecule has 9 heteroatoms. The molecule has 0 aliphatic heterocycles. The van der Waals surface area contributed by atoms with Crippen molar-refractivity contribution in [3.8, 4) is 0 Å². The molecule has 2 heterocycles. The van der Waals surface area contributed by atoms with Gasteiger partial charge in [0.25, 0.3) is 0 Å². The smallest absolute Gasteiger partial charge is 0.242 e. The number of nitrogens with zero attached hydrogens (tertiary/aromatic N) is 6. The maximum Gasteiger partial charge on any atom is 0.242 e. The molecule has 0 bridgehead atoms. The molecule has 4 rings (SSSR count). The molecule has 0 aliphatic carbocycles. The third-order valence-corrected chi connectivity index (χ3v) is 4.21. The normalized spacial score (nSPS) is 12.2. The lowest BCUT2D eigenvalue weighted by molar-refractivity contribution is -0.122. The number of nitrogens with one attached hydrogen (secondary N) is 1. The third kappa shape index (κ3) is 3.81. The first kappa shape index (κ1) is 16.8. The average molecular weight is 365 g/mol. The number of halogens is 1. The van der Waals surface area contributed by atoms with E-state index in [0.717, 1.165) is 16.6 Å². The molecule has 0 spiro atoms. The number of benzene rings is 2. The quantitative estimate of drug-likeness (QED) is 0.562. The Kier molecular flexibility index (Phi) is 4.56. The van der Waals surface area contributed by atoms with Crippen LogP contribution in [-0.4, -0.2) is 35.7 Å². The van der Waals surface area contributed by atoms with Gasteiger partial charge in [-0.15, -0.1) is 5.10 Å². The molecular weight excluding hydrogens is 349 g/mol. The largest absolute Gasteiger partial charge is 0.346 e. The van der Waals surface area contributed by atoms with E-state index >= 15 is 0 Å². The number of imidazole rings is 1. The molecule has 27 heavy (non-hydrogen) atoms. The number of hydrogen-bond acceptors (Lipinski definition) is 5. The minimum absolute atomic E-state index is 0.00459. The van der Waals surface area contributed by atoms with E-state index < -0.39 is 0 Å². The monoisotopic (exact) mass is 365 g/mol. The van der Waals surface area contributed by atoms with Crippen molar-refractivity contribution in [1.82, 2.24) is 35.1 Å². The predicted octanol–water partition coefficient (Wildman–Crippen LogP) is 1.72. The Balaban J connectivity index is 1.59. The molecule has 8 nitrogen and oxygen atoms in total. The molecule has 0 saturated carbocycles. The van der Waals surface area contributed by atoms with E-state index in [9.17, 15) is 9.18 Å². The number of rotatable bonds is 6. The van der Waals surface area contributed by atoms with Gasteiger partial charge in [0, 0.05) is 6.54 Å². The summed E-state index contributed by atoms with van der Waals surface area (Å²) in [5.41, 5.74) is 2.62. The van der Waals surface area contributed by atoms with Gasteiger partial charge in [-0.25, -0.2) is 14.1 Å². The van der Waals surface area contributed by atoms with E-state index in [2.05, 4.69) is 25.8 Å². The van der Waals surface area contributed by atoms with Gasteiger partial charge in [-0.3, -0.25) is 4.79 Å². The van der Waals surface area contributed by atoms with Crippen molar-refractivity contribution in [2.75, 3.05) is 0 Å². The lowest BCUT2D eigenvalue weighted by atomic mass is 10.1. The molecule has 0 aliphatic rings. The summed E-state index contributed by atoms with van der Waals surface area (Å²) in [5.74, 6) is -0.577. The summed E-state index contributed by atoms with van der Waals surface area (Å²) in [6, 6.07) is 13.5. The number of carbonyl (C=O) groups excluding carboxylic acids is 1. The Morgan fingerprint density at radius 2 is 1.93 bits per heavy atom. The summed E-state index contributed by atoms with van der Waals surface area (Å²) in [6.45, 7) is 0.447. The fraction of sp³-hybridized carbons (Fsp3) is 0.167. The first-order valence-electron chi connectivity index (χ1n) is 8.34. The number of amides is 1. The average Bonchev–Trinajstić information content (AvgIpc) is 3.32. The molecule has 1 N–H and O–H groups in total. The summed E-state index contributed by atoms with van der Waals surface area (Å²) < 4.78 is 16.6. The maximum atomic E-state index is 13.3. The van der Waals surface area contributed by atoms with Crippen LogP contribution in [0.2, 0.25) is 0 Å². The highest BCUT2D eigenvalue weighted by Crippen LogP contribution is 2.20. The van der Waals surface area contributed by atoms with Gasteiger partial charge < -0.3 is 9.88 Å². The molecule has 2 aromatic carbocycles. The first-order valence-corrected chi connectivity index (χ1v) is 8.34. The molecule has 4 aromatic rings. The van der Waals surface area contributed by atoms with Gasteiger partial charge in [0.2, 0.25) is 5.91 Å². The summed E-state index contributed by atoms with van der Waals surface area (Å²) >= 11 is 0. The molecule has 1 atom stereocenters. The zero-order valence-corrected chi connectivity index (χ0v) is 14.2. The number of tetrazole rings is 1. The SMILES string of the molecule is O=C(Cn1cnnn1)NC(Cn1cnc2ccccc21)c1ccc(F)cc1. The lowest BCUT2D eigenvalue weighted by Gasteiger charge is -2.20. The molecule has 0 radical (unpaired) electrons. The van der Waals surface area contributed by atoms with Crippen LogP contribution in [0.5, 0.6) is 0 Å². The van der Waals surface area contributed by atoms with Crippen LogP contribution in [0.15, 0.2) is 61.2 Å². The van der Waals surface area contributed by atoms with E-state index in [1.807, 2.05) is 28.8 Å². The van der Waals surface area contributed by atoms with Crippen molar-refractivity contribution in [2.24, 2.45) is 0 Å². The Morgan fingerprint density at radius 3 is 2.70 bits per heavy atom. The van der Waals surface area contributed by atoms with Gasteiger partial charge in [0.15, 0.2) is 0 Å². The van der Waals surface area contributed by atoms with Gasteiger partial charge in [0.1, 0.15) is 18.7 Å². The number of aromatic nitrogens is 6. The Bertz CT molecular complexity index is 1040. The molecule has 0 saturated heterocycles. The molecular formula is C18H16FN7O. The standard InChI is InChI=1S/C18H16FN7O/c19-14-7-5-13(6-8-14)16(22-18(27)10-26-12-21-23-24-26)9-25-11-20-15-3-1-2-4-17(15)25/h1-8,11-12,16H,9-10H2,(H,22,27). The molecule has 2 aromatic heterocycles. The van der Waals surface area contributed by atoms with Gasteiger partial charge in [-0.1, -0.05) is 24.3 Å². The van der Waals surface area contributed by atoms with Crippen molar-refractivity contribution < 1.29 is 9.18 Å². The predicted molar refractivity (Wildman–Crippen MR) is 94.8 cm³/mol. The van der Waals surface area contributed by atoms with E-state index in [1.165, 1.54) is 23.1 Å². The van der Waals surface area contributed by atoms with Crippen LogP contribution < -0.4 is 5.32 Å².